The van der Waals surface area contributed by atoms with Gasteiger partial charge in [0.25, 0.3) is 0 Å². The van der Waals surface area contributed by atoms with E-state index in [1.165, 1.54) is 0 Å². The molecule has 1 aromatic carbocycles. The first-order chi connectivity index (χ1) is 6.51. The maximum absolute atomic E-state index is 10.6. The second-order valence-corrected chi connectivity index (χ2v) is 4.25. The second-order valence-electron chi connectivity index (χ2n) is 4.25. The molecule has 0 N–H and O–H groups in total. The summed E-state index contributed by atoms with van der Waals surface area (Å²) in [6.07, 6.45) is 0. The zero-order valence-electron chi connectivity index (χ0n) is 9.79. The Morgan fingerprint density at radius 3 is 2.31 bits per heavy atom. The predicted octanol–water partition coefficient (Wildman–Crippen LogP) is -1.71. The summed E-state index contributed by atoms with van der Waals surface area (Å²) >= 11 is 0. The van der Waals surface area contributed by atoms with Crippen molar-refractivity contribution < 1.29 is 33.8 Å². The minimum Gasteiger partial charge on any atom is -1.00 e. The molecule has 4 radical (unpaired) electrons. The van der Waals surface area contributed by atoms with Crippen LogP contribution in [0, 0.1) is 6.07 Å². The van der Waals surface area contributed by atoms with Gasteiger partial charge in [-0.25, -0.2) is 0 Å². The summed E-state index contributed by atoms with van der Waals surface area (Å²) in [5.41, 5.74) is 1.48. The van der Waals surface area contributed by atoms with Crippen LogP contribution in [0.15, 0.2) is 18.2 Å². The van der Waals surface area contributed by atoms with Crippen molar-refractivity contribution in [1.29, 1.82) is 0 Å². The summed E-state index contributed by atoms with van der Waals surface area (Å²) in [6, 6.07) is 8.60. The van der Waals surface area contributed by atoms with Gasteiger partial charge in [-0.1, -0.05) is 23.8 Å². The van der Waals surface area contributed by atoms with Gasteiger partial charge in [0.2, 0.25) is 0 Å². The van der Waals surface area contributed by atoms with E-state index in [1.54, 1.807) is 6.07 Å². The molecular formula is C12H16IO2Sb-2. The molecule has 2 nitrogen and oxygen atoms in total. The Morgan fingerprint density at radius 2 is 1.81 bits per heavy atom. The Hall–Kier alpha value is 0.688. The molecule has 0 atom stereocenters. The van der Waals surface area contributed by atoms with E-state index in [4.69, 9.17) is 4.74 Å². The van der Waals surface area contributed by atoms with E-state index in [1.807, 2.05) is 32.9 Å². The van der Waals surface area contributed by atoms with Crippen molar-refractivity contribution in [3.8, 4) is 0 Å². The summed E-state index contributed by atoms with van der Waals surface area (Å²) in [7, 11) is 0. The largest absolute Gasteiger partial charge is 1.00 e. The van der Waals surface area contributed by atoms with Gasteiger partial charge in [-0.05, 0) is 32.4 Å². The van der Waals surface area contributed by atoms with E-state index in [2.05, 4.69) is 6.07 Å². The van der Waals surface area contributed by atoms with Crippen molar-refractivity contribution in [1.82, 2.24) is 0 Å². The zero-order chi connectivity index (χ0) is 10.6. The number of rotatable bonds is 3. The molecule has 16 heavy (non-hydrogen) atoms. The fourth-order valence-electron chi connectivity index (χ4n) is 1.03. The molecule has 4 heteroatoms. The molecule has 0 aliphatic carbocycles. The maximum Gasteiger partial charge on any atom is 0.0730 e. The van der Waals surface area contributed by atoms with Crippen LogP contribution in [-0.2, 0) is 18.0 Å². The van der Waals surface area contributed by atoms with Crippen LogP contribution < -0.4 is 29.1 Å². The van der Waals surface area contributed by atoms with Gasteiger partial charge in [-0.2, -0.15) is 0 Å². The van der Waals surface area contributed by atoms with Gasteiger partial charge >= 0.3 is 0 Å². The smallest absolute Gasteiger partial charge is 0.0730 e. The first-order valence-corrected chi connectivity index (χ1v) is 4.73. The molecule has 1 rings (SSSR count). The second kappa shape index (κ2) is 8.73. The number of benzene rings is 1. The van der Waals surface area contributed by atoms with E-state index in [0.717, 1.165) is 5.56 Å². The summed E-state index contributed by atoms with van der Waals surface area (Å²) in [6.45, 7) is 6.31. The Labute approximate surface area is 132 Å². The molecule has 0 saturated carbocycles. The first-order valence-electron chi connectivity index (χ1n) is 4.73. The molecule has 0 amide bonds. The van der Waals surface area contributed by atoms with Crippen LogP contribution in [-0.4, -0.2) is 30.0 Å². The maximum atomic E-state index is 10.6. The monoisotopic (exact) mass is 440 g/mol. The van der Waals surface area contributed by atoms with Gasteiger partial charge in [0.1, 0.15) is 0 Å². The van der Waals surface area contributed by atoms with Crippen LogP contribution in [0.5, 0.6) is 0 Å². The molecule has 1 aromatic rings. The van der Waals surface area contributed by atoms with Crippen molar-refractivity contribution in [2.45, 2.75) is 39.6 Å². The number of ether oxygens (including phenoxy) is 1. The van der Waals surface area contributed by atoms with Gasteiger partial charge in [0.15, 0.2) is 0 Å². The molecule has 0 aliphatic rings. The van der Waals surface area contributed by atoms with Gasteiger partial charge in [-0.15, -0.1) is 6.61 Å². The van der Waals surface area contributed by atoms with E-state index < -0.39 is 0 Å². The topological polar surface area (TPSA) is 32.3 Å². The third-order valence-electron chi connectivity index (χ3n) is 1.73. The Kier molecular flexibility index (Phi) is 10.4. The van der Waals surface area contributed by atoms with E-state index >= 15 is 0 Å². The van der Waals surface area contributed by atoms with Crippen LogP contribution in [0.2, 0.25) is 0 Å². The summed E-state index contributed by atoms with van der Waals surface area (Å²) in [4.78, 5) is 0. The minimum atomic E-state index is -0.219. The SMILES string of the molecule is CC(C)(C)OCc1[c]c(C[O-])ccc1.[I-].[Sb]. The van der Waals surface area contributed by atoms with E-state index in [9.17, 15) is 5.11 Å². The molecule has 90 valence electrons. The van der Waals surface area contributed by atoms with Crippen molar-refractivity contribution in [2.24, 2.45) is 0 Å². The summed E-state index contributed by atoms with van der Waals surface area (Å²) in [5, 5.41) is 10.6. The van der Waals surface area contributed by atoms with Gasteiger partial charge in [0, 0.05) is 24.4 Å². The van der Waals surface area contributed by atoms with E-state index in [0.29, 0.717) is 12.2 Å². The first kappa shape index (κ1) is 19.0. The molecule has 0 heterocycles. The Bertz CT molecular complexity index is 297. The van der Waals surface area contributed by atoms with Gasteiger partial charge in [-0.3, -0.25) is 0 Å². The van der Waals surface area contributed by atoms with Crippen LogP contribution >= 0.6 is 0 Å². The number of hydrogen-bond donors (Lipinski definition) is 0. The van der Waals surface area contributed by atoms with Crippen LogP contribution in [0.3, 0.4) is 0 Å². The summed E-state index contributed by atoms with van der Waals surface area (Å²) < 4.78 is 5.58. The van der Waals surface area contributed by atoms with Crippen LogP contribution in [0.25, 0.3) is 0 Å². The Morgan fingerprint density at radius 1 is 1.25 bits per heavy atom. The van der Waals surface area contributed by atoms with Gasteiger partial charge in [0.05, 0.1) is 12.2 Å². The van der Waals surface area contributed by atoms with Crippen LogP contribution in [0.4, 0.5) is 0 Å². The predicted molar refractivity (Wildman–Crippen MR) is 59.3 cm³/mol. The molecule has 0 aromatic heterocycles. The Balaban J connectivity index is 0. The molecule has 0 fully saturated rings. The van der Waals surface area contributed by atoms with Crippen molar-refractivity contribution in [3.63, 3.8) is 0 Å². The zero-order valence-corrected chi connectivity index (χ0v) is 14.5. The number of hydrogen-bond acceptors (Lipinski definition) is 2. The fraction of sp³-hybridized carbons (Fsp3) is 0.500. The molecule has 0 bridgehead atoms. The minimum absolute atomic E-state index is 0. The van der Waals surface area contributed by atoms with Crippen molar-refractivity contribution in [2.75, 3.05) is 0 Å². The normalized spacial score (nSPS) is 10.2. The molecular weight excluding hydrogens is 425 g/mol. The van der Waals surface area contributed by atoms with Crippen LogP contribution in [0.1, 0.15) is 31.9 Å². The molecule has 0 unspecified atom stereocenters. The third kappa shape index (κ3) is 7.88. The third-order valence-corrected chi connectivity index (χ3v) is 1.73. The van der Waals surface area contributed by atoms with Gasteiger partial charge < -0.3 is 33.8 Å². The van der Waals surface area contributed by atoms with Crippen molar-refractivity contribution >= 4 is 24.4 Å². The average molecular weight is 441 g/mol. The quantitative estimate of drug-likeness (QED) is 0.414. The molecule has 0 aliphatic heterocycles. The molecule has 0 saturated heterocycles. The van der Waals surface area contributed by atoms with E-state index in [-0.39, 0.29) is 60.6 Å². The standard InChI is InChI=1S/C12H16O2.HI.Sb/c1-12(2,3)14-9-11-6-4-5-10(7-11)8-13;;/h4-6H,8-9H2,1-3H3;1H;/q-1;;/p-1. The summed E-state index contributed by atoms with van der Waals surface area (Å²) in [5.74, 6) is 0. The average Bonchev–Trinajstić information content (AvgIpc) is 2.14. The van der Waals surface area contributed by atoms with Crippen molar-refractivity contribution in [3.05, 3.63) is 35.4 Å². The molecule has 0 spiro atoms. The number of halogens is 1. The fourth-order valence-corrected chi connectivity index (χ4v) is 1.03.